The van der Waals surface area contributed by atoms with E-state index in [9.17, 15) is 4.79 Å². The Morgan fingerprint density at radius 3 is 2.37 bits per heavy atom. The number of benzene rings is 1. The van der Waals surface area contributed by atoms with E-state index in [1.807, 2.05) is 55.3 Å². The number of rotatable bonds is 3. The average molecular weight is 405 g/mol. The monoisotopic (exact) mass is 404 g/mol. The Hall–Kier alpha value is -3.22. The van der Waals surface area contributed by atoms with Gasteiger partial charge in [0.05, 0.1) is 11.7 Å². The molecule has 4 rings (SSSR count). The molecule has 30 heavy (non-hydrogen) atoms. The van der Waals surface area contributed by atoms with Crippen molar-refractivity contribution >= 4 is 17.5 Å². The third-order valence-corrected chi connectivity index (χ3v) is 5.23. The Morgan fingerprint density at radius 1 is 1.07 bits per heavy atom. The van der Waals surface area contributed by atoms with Crippen LogP contribution in [0.4, 0.5) is 11.6 Å². The molecule has 7 nitrogen and oxygen atoms in total. The molecular weight excluding hydrogens is 376 g/mol. The predicted molar refractivity (Wildman–Crippen MR) is 117 cm³/mol. The Morgan fingerprint density at radius 2 is 1.73 bits per heavy atom. The summed E-state index contributed by atoms with van der Waals surface area (Å²) in [5.74, 6) is 0.601. The van der Waals surface area contributed by atoms with Crippen LogP contribution in [0.2, 0.25) is 0 Å². The molecule has 0 aliphatic carbocycles. The van der Waals surface area contributed by atoms with E-state index in [0.717, 1.165) is 29.1 Å². The summed E-state index contributed by atoms with van der Waals surface area (Å²) in [5.41, 5.74) is 5.67. The second kappa shape index (κ2) is 7.55. The predicted octanol–water partition coefficient (Wildman–Crippen LogP) is 3.99. The molecule has 0 spiro atoms. The maximum atomic E-state index is 13.0. The van der Waals surface area contributed by atoms with Gasteiger partial charge in [0.25, 0.3) is 5.91 Å². The van der Waals surface area contributed by atoms with Gasteiger partial charge in [0.1, 0.15) is 0 Å². The molecule has 7 heteroatoms. The van der Waals surface area contributed by atoms with Gasteiger partial charge >= 0.3 is 0 Å². The number of amides is 1. The maximum Gasteiger partial charge on any atom is 0.254 e. The van der Waals surface area contributed by atoms with Gasteiger partial charge in [0.15, 0.2) is 0 Å². The third-order valence-electron chi connectivity index (χ3n) is 5.23. The minimum atomic E-state index is -0.0534. The third kappa shape index (κ3) is 4.06. The molecule has 1 aliphatic heterocycles. The first-order chi connectivity index (χ1) is 14.2. The average Bonchev–Trinajstić information content (AvgIpc) is 3.11. The van der Waals surface area contributed by atoms with Gasteiger partial charge in [-0.15, -0.1) is 0 Å². The summed E-state index contributed by atoms with van der Waals surface area (Å²) in [4.78, 5) is 23.7. The van der Waals surface area contributed by atoms with Crippen molar-refractivity contribution in [3.8, 4) is 0 Å². The Kier molecular flexibility index (Phi) is 5.05. The van der Waals surface area contributed by atoms with E-state index < -0.39 is 0 Å². The fraction of sp³-hybridized carbons (Fsp3) is 0.391. The van der Waals surface area contributed by atoms with Crippen LogP contribution in [0.25, 0.3) is 0 Å². The van der Waals surface area contributed by atoms with Crippen LogP contribution < -0.4 is 5.32 Å². The molecule has 2 aromatic heterocycles. The Bertz CT molecular complexity index is 1060. The zero-order valence-electron chi connectivity index (χ0n) is 18.2. The van der Waals surface area contributed by atoms with E-state index in [4.69, 9.17) is 0 Å². The fourth-order valence-corrected chi connectivity index (χ4v) is 3.87. The second-order valence-corrected chi connectivity index (χ2v) is 8.85. The highest BCUT2D eigenvalue weighted by molar-refractivity contribution is 5.94. The quantitative estimate of drug-likeness (QED) is 0.714. The van der Waals surface area contributed by atoms with Crippen LogP contribution in [-0.4, -0.2) is 37.1 Å². The largest absolute Gasteiger partial charge is 0.334 e. The van der Waals surface area contributed by atoms with Gasteiger partial charge in [-0.3, -0.25) is 9.48 Å². The van der Waals surface area contributed by atoms with Crippen molar-refractivity contribution in [2.75, 3.05) is 11.9 Å². The van der Waals surface area contributed by atoms with Crippen molar-refractivity contribution in [3.63, 3.8) is 0 Å². The Balaban J connectivity index is 1.46. The van der Waals surface area contributed by atoms with Crippen molar-refractivity contribution in [3.05, 3.63) is 64.7 Å². The Labute approximate surface area is 177 Å². The van der Waals surface area contributed by atoms with E-state index in [2.05, 4.69) is 45.8 Å². The van der Waals surface area contributed by atoms with Crippen LogP contribution in [0.3, 0.4) is 0 Å². The number of fused-ring (bicyclic) bond motifs is 1. The molecule has 1 aliphatic rings. The summed E-state index contributed by atoms with van der Waals surface area (Å²) in [5, 5.41) is 7.76. The van der Waals surface area contributed by atoms with E-state index in [1.54, 1.807) is 0 Å². The summed E-state index contributed by atoms with van der Waals surface area (Å²) in [7, 11) is 0. The minimum Gasteiger partial charge on any atom is -0.334 e. The van der Waals surface area contributed by atoms with Crippen molar-refractivity contribution in [1.82, 2.24) is 24.6 Å². The molecule has 0 fully saturated rings. The molecule has 3 aromatic rings. The first-order valence-electron chi connectivity index (χ1n) is 10.3. The van der Waals surface area contributed by atoms with Gasteiger partial charge in [-0.2, -0.15) is 5.10 Å². The highest BCUT2D eigenvalue weighted by atomic mass is 16.2. The summed E-state index contributed by atoms with van der Waals surface area (Å²) in [6, 6.07) is 9.41. The smallest absolute Gasteiger partial charge is 0.254 e. The number of hydrogen-bond donors (Lipinski definition) is 1. The van der Waals surface area contributed by atoms with Gasteiger partial charge in [0.2, 0.25) is 5.95 Å². The van der Waals surface area contributed by atoms with Crippen LogP contribution in [0.15, 0.2) is 36.5 Å². The molecule has 0 saturated heterocycles. The molecule has 0 saturated carbocycles. The first-order valence-corrected chi connectivity index (χ1v) is 10.3. The van der Waals surface area contributed by atoms with Crippen LogP contribution in [0.5, 0.6) is 0 Å². The van der Waals surface area contributed by atoms with Gasteiger partial charge < -0.3 is 10.2 Å². The normalized spacial score (nSPS) is 13.8. The van der Waals surface area contributed by atoms with Gasteiger partial charge in [-0.05, 0) is 65.0 Å². The van der Waals surface area contributed by atoms with Gasteiger partial charge in [0, 0.05) is 53.4 Å². The lowest BCUT2D eigenvalue weighted by molar-refractivity contribution is 0.0732. The number of hydrogen-bond acceptors (Lipinski definition) is 5. The number of aryl methyl sites for hydroxylation is 2. The SMILES string of the molecule is Cc1cc(C)nc(Nc2ccc(C(=O)N3CCc4c(cnn4C(C)(C)C)C3)cc2)n1. The lowest BCUT2D eigenvalue weighted by Crippen LogP contribution is -2.37. The van der Waals surface area contributed by atoms with Crippen molar-refractivity contribution in [1.29, 1.82) is 0 Å². The number of nitrogens with one attached hydrogen (secondary N) is 1. The molecule has 0 unspecified atom stereocenters. The zero-order valence-corrected chi connectivity index (χ0v) is 18.2. The van der Waals surface area contributed by atoms with Crippen molar-refractivity contribution in [2.45, 2.75) is 53.1 Å². The van der Waals surface area contributed by atoms with Crippen LogP contribution in [0, 0.1) is 13.8 Å². The molecule has 156 valence electrons. The van der Waals surface area contributed by atoms with Crippen LogP contribution >= 0.6 is 0 Å². The highest BCUT2D eigenvalue weighted by Crippen LogP contribution is 2.25. The van der Waals surface area contributed by atoms with Crippen LogP contribution in [0.1, 0.15) is 53.8 Å². The summed E-state index contributed by atoms with van der Waals surface area (Å²) < 4.78 is 2.08. The molecule has 1 N–H and O–H groups in total. The fourth-order valence-electron chi connectivity index (χ4n) is 3.87. The van der Waals surface area contributed by atoms with Crippen molar-refractivity contribution < 1.29 is 4.79 Å². The summed E-state index contributed by atoms with van der Waals surface area (Å²) in [6.07, 6.45) is 2.72. The molecule has 0 radical (unpaired) electrons. The number of carbonyl (C=O) groups is 1. The maximum absolute atomic E-state index is 13.0. The van der Waals surface area contributed by atoms with Crippen LogP contribution in [-0.2, 0) is 18.5 Å². The highest BCUT2D eigenvalue weighted by Gasteiger charge is 2.28. The lowest BCUT2D eigenvalue weighted by Gasteiger charge is -2.30. The minimum absolute atomic E-state index is 0.0401. The topological polar surface area (TPSA) is 75.9 Å². The summed E-state index contributed by atoms with van der Waals surface area (Å²) >= 11 is 0. The standard InChI is InChI=1S/C23H28N6O/c1-15-12-16(2)26-22(25-15)27-19-8-6-17(7-9-19)21(30)28-11-10-20-18(14-28)13-24-29(20)23(3,4)5/h6-9,12-13H,10-11,14H2,1-5H3,(H,25,26,27). The number of aromatic nitrogens is 4. The second-order valence-electron chi connectivity index (χ2n) is 8.85. The van der Waals surface area contributed by atoms with E-state index in [-0.39, 0.29) is 11.4 Å². The van der Waals surface area contributed by atoms with E-state index in [1.165, 1.54) is 5.69 Å². The molecular formula is C23H28N6O. The first kappa shape index (κ1) is 20.1. The molecule has 1 aromatic carbocycles. The van der Waals surface area contributed by atoms with Gasteiger partial charge in [-0.25, -0.2) is 9.97 Å². The molecule has 0 atom stereocenters. The number of carbonyl (C=O) groups excluding carboxylic acids is 1. The molecule has 0 bridgehead atoms. The van der Waals surface area contributed by atoms with Crippen molar-refractivity contribution in [2.24, 2.45) is 0 Å². The lowest BCUT2D eigenvalue weighted by atomic mass is 10.0. The molecule has 1 amide bonds. The number of anilines is 2. The van der Waals surface area contributed by atoms with E-state index >= 15 is 0 Å². The van der Waals surface area contributed by atoms with E-state index in [0.29, 0.717) is 24.6 Å². The van der Waals surface area contributed by atoms with Gasteiger partial charge in [-0.1, -0.05) is 0 Å². The molecule has 3 heterocycles. The number of nitrogens with zero attached hydrogens (tertiary/aromatic N) is 5. The zero-order chi connectivity index (χ0) is 21.5. The summed E-state index contributed by atoms with van der Waals surface area (Å²) in [6.45, 7) is 11.6.